The number of benzene rings is 2. The van der Waals surface area contributed by atoms with Gasteiger partial charge in [-0.3, -0.25) is 4.79 Å². The minimum Gasteiger partial charge on any atom is -0.464 e. The average Bonchev–Trinajstić information content (AvgIpc) is 3.17. The third kappa shape index (κ3) is 5.71. The number of nitrogens with one attached hydrogen (secondary N) is 1. The first-order chi connectivity index (χ1) is 14.0. The lowest BCUT2D eigenvalue weighted by Crippen LogP contribution is -2.44. The fraction of sp³-hybridized carbons (Fsp3) is 0.286. The molecule has 0 spiro atoms. The van der Waals surface area contributed by atoms with E-state index in [0.29, 0.717) is 12.2 Å². The number of rotatable bonds is 8. The van der Waals surface area contributed by atoms with Crippen LogP contribution in [0.4, 0.5) is 0 Å². The van der Waals surface area contributed by atoms with Crippen LogP contribution in [0.2, 0.25) is 0 Å². The van der Waals surface area contributed by atoms with E-state index < -0.39 is 17.9 Å². The fourth-order valence-corrected chi connectivity index (χ4v) is 2.78. The molecule has 8 heteroatoms. The predicted octanol–water partition coefficient (Wildman–Crippen LogP) is 1.94. The third-order valence-electron chi connectivity index (χ3n) is 4.24. The Morgan fingerprint density at radius 2 is 1.83 bits per heavy atom. The normalized spacial score (nSPS) is 11.7. The highest BCUT2D eigenvalue weighted by Crippen LogP contribution is 2.13. The molecule has 0 saturated carbocycles. The molecule has 0 unspecified atom stereocenters. The van der Waals surface area contributed by atoms with Crippen molar-refractivity contribution in [2.75, 3.05) is 6.61 Å². The van der Waals surface area contributed by atoms with Crippen molar-refractivity contribution in [3.63, 3.8) is 0 Å². The fourth-order valence-electron chi connectivity index (χ4n) is 2.78. The number of aryl methyl sites for hydroxylation is 1. The molecular formula is C21H23N5O3. The first-order valence-corrected chi connectivity index (χ1v) is 9.40. The molecule has 0 fully saturated rings. The van der Waals surface area contributed by atoms with E-state index in [1.54, 1.807) is 6.92 Å². The lowest BCUT2D eigenvalue weighted by atomic mass is 10.1. The van der Waals surface area contributed by atoms with Gasteiger partial charge in [-0.1, -0.05) is 60.2 Å². The molecule has 150 valence electrons. The summed E-state index contributed by atoms with van der Waals surface area (Å²) in [6.07, 6.45) is 0.338. The maximum absolute atomic E-state index is 12.5. The summed E-state index contributed by atoms with van der Waals surface area (Å²) in [6.45, 7) is 3.81. The van der Waals surface area contributed by atoms with Crippen LogP contribution < -0.4 is 5.32 Å². The maximum atomic E-state index is 12.5. The van der Waals surface area contributed by atoms with Crippen molar-refractivity contribution in [2.24, 2.45) is 0 Å². The van der Waals surface area contributed by atoms with Crippen LogP contribution in [0.1, 0.15) is 18.1 Å². The minimum absolute atomic E-state index is 0.149. The van der Waals surface area contributed by atoms with Gasteiger partial charge in [0.05, 0.1) is 6.61 Å². The molecular weight excluding hydrogens is 370 g/mol. The number of tetrazole rings is 1. The van der Waals surface area contributed by atoms with Crippen LogP contribution in [0, 0.1) is 6.92 Å². The van der Waals surface area contributed by atoms with Crippen LogP contribution >= 0.6 is 0 Å². The van der Waals surface area contributed by atoms with Crippen LogP contribution in [-0.4, -0.2) is 44.7 Å². The van der Waals surface area contributed by atoms with Crippen molar-refractivity contribution in [3.05, 3.63) is 65.7 Å². The van der Waals surface area contributed by atoms with Gasteiger partial charge in [0.2, 0.25) is 11.7 Å². The van der Waals surface area contributed by atoms with Gasteiger partial charge in [-0.2, -0.15) is 4.80 Å². The summed E-state index contributed by atoms with van der Waals surface area (Å²) in [5.41, 5.74) is 2.87. The molecule has 2 aromatic carbocycles. The Hall–Kier alpha value is -3.55. The molecule has 1 atom stereocenters. The van der Waals surface area contributed by atoms with Crippen molar-refractivity contribution in [1.82, 2.24) is 25.5 Å². The second-order valence-corrected chi connectivity index (χ2v) is 6.57. The molecule has 3 rings (SSSR count). The number of ether oxygens (including phenoxy) is 1. The Morgan fingerprint density at radius 3 is 2.52 bits per heavy atom. The quantitative estimate of drug-likeness (QED) is 0.587. The lowest BCUT2D eigenvalue weighted by molar-refractivity contribution is -0.147. The summed E-state index contributed by atoms with van der Waals surface area (Å²) in [4.78, 5) is 25.9. The SMILES string of the molecule is CCOC(=O)[C@@H](Cc1ccccc1)NC(=O)Cn1nnc(-c2ccc(C)cc2)n1. The number of esters is 1. The standard InChI is InChI=1S/C21H23N5O3/c1-3-29-21(28)18(13-16-7-5-4-6-8-16)22-19(27)14-26-24-20(23-25-26)17-11-9-15(2)10-12-17/h4-12,18H,3,13-14H2,1-2H3,(H,22,27)/t18-/m1/s1. The van der Waals surface area contributed by atoms with Crippen LogP contribution in [0.25, 0.3) is 11.4 Å². The number of amides is 1. The number of hydrogen-bond acceptors (Lipinski definition) is 6. The molecule has 8 nitrogen and oxygen atoms in total. The summed E-state index contributed by atoms with van der Waals surface area (Å²) in [6, 6.07) is 16.4. The highest BCUT2D eigenvalue weighted by molar-refractivity contribution is 5.84. The second kappa shape index (κ2) is 9.59. The molecule has 0 radical (unpaired) electrons. The molecule has 29 heavy (non-hydrogen) atoms. The number of carbonyl (C=O) groups is 2. The monoisotopic (exact) mass is 393 g/mol. The molecule has 1 N–H and O–H groups in total. The molecule has 0 aliphatic rings. The Bertz CT molecular complexity index is 954. The van der Waals surface area contributed by atoms with Crippen LogP contribution in [0.3, 0.4) is 0 Å². The van der Waals surface area contributed by atoms with E-state index in [-0.39, 0.29) is 13.2 Å². The number of carbonyl (C=O) groups excluding carboxylic acids is 2. The molecule has 1 aromatic heterocycles. The third-order valence-corrected chi connectivity index (χ3v) is 4.24. The van der Waals surface area contributed by atoms with E-state index in [1.165, 1.54) is 4.80 Å². The maximum Gasteiger partial charge on any atom is 0.328 e. The smallest absolute Gasteiger partial charge is 0.328 e. The average molecular weight is 393 g/mol. The lowest BCUT2D eigenvalue weighted by Gasteiger charge is -2.17. The van der Waals surface area contributed by atoms with Gasteiger partial charge in [0.25, 0.3) is 0 Å². The summed E-state index contributed by atoms with van der Waals surface area (Å²) < 4.78 is 5.09. The van der Waals surface area contributed by atoms with Gasteiger partial charge in [0.1, 0.15) is 12.6 Å². The highest BCUT2D eigenvalue weighted by Gasteiger charge is 2.23. The van der Waals surface area contributed by atoms with E-state index in [9.17, 15) is 9.59 Å². The molecule has 3 aromatic rings. The largest absolute Gasteiger partial charge is 0.464 e. The van der Waals surface area contributed by atoms with E-state index in [4.69, 9.17) is 4.74 Å². The molecule has 0 aliphatic heterocycles. The van der Waals surface area contributed by atoms with Crippen LogP contribution in [0.5, 0.6) is 0 Å². The van der Waals surface area contributed by atoms with Gasteiger partial charge in [0, 0.05) is 12.0 Å². The van der Waals surface area contributed by atoms with Crippen molar-refractivity contribution < 1.29 is 14.3 Å². The van der Waals surface area contributed by atoms with Gasteiger partial charge in [-0.05, 0) is 24.6 Å². The first-order valence-electron chi connectivity index (χ1n) is 9.40. The summed E-state index contributed by atoms with van der Waals surface area (Å²) in [7, 11) is 0. The summed E-state index contributed by atoms with van der Waals surface area (Å²) in [5, 5.41) is 14.9. The first kappa shape index (κ1) is 20.2. The van der Waals surface area contributed by atoms with Crippen molar-refractivity contribution in [1.29, 1.82) is 0 Å². The Labute approximate surface area is 168 Å². The molecule has 0 aliphatic carbocycles. The molecule has 0 bridgehead atoms. The topological polar surface area (TPSA) is 99.0 Å². The van der Waals surface area contributed by atoms with E-state index >= 15 is 0 Å². The second-order valence-electron chi connectivity index (χ2n) is 6.57. The summed E-state index contributed by atoms with van der Waals surface area (Å²) >= 11 is 0. The van der Waals surface area contributed by atoms with Crippen molar-refractivity contribution >= 4 is 11.9 Å². The molecule has 1 heterocycles. The summed E-state index contributed by atoms with van der Waals surface area (Å²) in [5.74, 6) is -0.438. The van der Waals surface area contributed by atoms with Gasteiger partial charge >= 0.3 is 5.97 Å². The van der Waals surface area contributed by atoms with Gasteiger partial charge < -0.3 is 10.1 Å². The van der Waals surface area contributed by atoms with E-state index in [2.05, 4.69) is 20.7 Å². The number of nitrogens with zero attached hydrogens (tertiary/aromatic N) is 4. The zero-order chi connectivity index (χ0) is 20.6. The Balaban J connectivity index is 1.65. The van der Waals surface area contributed by atoms with Gasteiger partial charge in [-0.15, -0.1) is 10.2 Å². The Kier molecular flexibility index (Phi) is 6.67. The van der Waals surface area contributed by atoms with E-state index in [1.807, 2.05) is 61.5 Å². The zero-order valence-electron chi connectivity index (χ0n) is 16.4. The van der Waals surface area contributed by atoms with Crippen LogP contribution in [-0.2, 0) is 27.3 Å². The highest BCUT2D eigenvalue weighted by atomic mass is 16.5. The molecule has 1 amide bonds. The van der Waals surface area contributed by atoms with Gasteiger partial charge in [0.15, 0.2) is 0 Å². The van der Waals surface area contributed by atoms with Gasteiger partial charge in [-0.25, -0.2) is 4.79 Å². The molecule has 0 saturated heterocycles. The minimum atomic E-state index is -0.787. The number of hydrogen-bond donors (Lipinski definition) is 1. The van der Waals surface area contributed by atoms with Crippen LogP contribution in [0.15, 0.2) is 54.6 Å². The zero-order valence-corrected chi connectivity index (χ0v) is 16.4. The van der Waals surface area contributed by atoms with Crippen molar-refractivity contribution in [2.45, 2.75) is 32.9 Å². The van der Waals surface area contributed by atoms with Crippen molar-refractivity contribution in [3.8, 4) is 11.4 Å². The Morgan fingerprint density at radius 1 is 1.10 bits per heavy atom. The van der Waals surface area contributed by atoms with E-state index in [0.717, 1.165) is 16.7 Å². The number of aromatic nitrogens is 4. The predicted molar refractivity (Wildman–Crippen MR) is 107 cm³/mol.